The van der Waals surface area contributed by atoms with E-state index in [-0.39, 0.29) is 0 Å². The molecule has 0 radical (unpaired) electrons. The highest BCUT2D eigenvalue weighted by Crippen LogP contribution is 2.29. The zero-order chi connectivity index (χ0) is 13.6. The van der Waals surface area contributed by atoms with Gasteiger partial charge in [-0.05, 0) is 37.6 Å². The fraction of sp³-hybridized carbons (Fsp3) is 0.154. The van der Waals surface area contributed by atoms with E-state index in [0.29, 0.717) is 10.7 Å². The molecule has 0 aliphatic rings. The van der Waals surface area contributed by atoms with Crippen LogP contribution in [-0.2, 0) is 0 Å². The van der Waals surface area contributed by atoms with Crippen LogP contribution in [0.4, 0.5) is 0 Å². The number of rotatable bonds is 2. The summed E-state index contributed by atoms with van der Waals surface area (Å²) in [7, 11) is 0. The lowest BCUT2D eigenvalue weighted by Crippen LogP contribution is -1.99. The van der Waals surface area contributed by atoms with E-state index in [1.807, 2.05) is 26.0 Å². The van der Waals surface area contributed by atoms with Crippen LogP contribution in [0.2, 0.25) is 0 Å². The normalized spacial score (nSPS) is 11.1. The summed E-state index contributed by atoms with van der Waals surface area (Å²) in [5.41, 5.74) is 1.89. The quantitative estimate of drug-likeness (QED) is 0.779. The molecule has 96 valence electrons. The molecule has 3 heterocycles. The molecule has 19 heavy (non-hydrogen) atoms. The van der Waals surface area contributed by atoms with Crippen LogP contribution >= 0.6 is 11.3 Å². The van der Waals surface area contributed by atoms with Crippen molar-refractivity contribution < 1.29 is 9.90 Å². The van der Waals surface area contributed by atoms with Gasteiger partial charge in [-0.1, -0.05) is 0 Å². The number of carbonyl (C=O) groups is 1. The summed E-state index contributed by atoms with van der Waals surface area (Å²) in [5, 5.41) is 14.4. The lowest BCUT2D eigenvalue weighted by atomic mass is 10.3. The van der Waals surface area contributed by atoms with Gasteiger partial charge in [0.15, 0.2) is 5.82 Å². The van der Waals surface area contributed by atoms with Gasteiger partial charge in [-0.3, -0.25) is 0 Å². The number of aryl methyl sites for hydroxylation is 2. The molecule has 0 amide bonds. The zero-order valence-corrected chi connectivity index (χ0v) is 11.2. The minimum atomic E-state index is -0.913. The molecule has 0 fully saturated rings. The van der Waals surface area contributed by atoms with Gasteiger partial charge in [0.1, 0.15) is 9.71 Å². The Morgan fingerprint density at radius 2 is 2.16 bits per heavy atom. The summed E-state index contributed by atoms with van der Waals surface area (Å²) in [5.74, 6) is -0.207. The summed E-state index contributed by atoms with van der Waals surface area (Å²) in [6.45, 7) is 3.85. The minimum absolute atomic E-state index is 0.317. The van der Waals surface area contributed by atoms with Crippen molar-refractivity contribution in [2.45, 2.75) is 13.8 Å². The standard InChI is InChI=1S/C13H11N3O2S/c1-7-3-4-14-11(5-7)16-12-9(8(2)15-16)6-10(19-12)13(17)18/h3-6H,1-2H3,(H,17,18). The molecule has 0 aromatic carbocycles. The van der Waals surface area contributed by atoms with Gasteiger partial charge in [0.05, 0.1) is 5.69 Å². The molecule has 0 saturated heterocycles. The molecule has 0 atom stereocenters. The molecule has 3 aromatic rings. The molecule has 0 unspecified atom stereocenters. The highest BCUT2D eigenvalue weighted by atomic mass is 32.1. The van der Waals surface area contributed by atoms with Crippen LogP contribution in [0.25, 0.3) is 16.0 Å². The Bertz CT molecular complexity index is 788. The number of nitrogens with zero attached hydrogens (tertiary/aromatic N) is 3. The molecule has 3 aromatic heterocycles. The second kappa shape index (κ2) is 4.17. The third-order valence-electron chi connectivity index (χ3n) is 2.87. The van der Waals surface area contributed by atoms with Crippen molar-refractivity contribution in [3.05, 3.63) is 40.5 Å². The number of pyridine rings is 1. The summed E-state index contributed by atoms with van der Waals surface area (Å²) in [6.07, 6.45) is 1.72. The second-order valence-electron chi connectivity index (χ2n) is 4.32. The largest absolute Gasteiger partial charge is 0.477 e. The highest BCUT2D eigenvalue weighted by molar-refractivity contribution is 7.20. The molecule has 0 spiro atoms. The maximum absolute atomic E-state index is 11.0. The van der Waals surface area contributed by atoms with E-state index < -0.39 is 5.97 Å². The highest BCUT2D eigenvalue weighted by Gasteiger charge is 2.16. The van der Waals surface area contributed by atoms with Crippen molar-refractivity contribution in [3.8, 4) is 5.82 Å². The molecule has 5 nitrogen and oxygen atoms in total. The van der Waals surface area contributed by atoms with Crippen LogP contribution in [0.3, 0.4) is 0 Å². The minimum Gasteiger partial charge on any atom is -0.477 e. The van der Waals surface area contributed by atoms with Crippen molar-refractivity contribution in [1.82, 2.24) is 14.8 Å². The number of hydrogen-bond donors (Lipinski definition) is 1. The first kappa shape index (κ1) is 11.9. The first-order chi connectivity index (χ1) is 9.06. The van der Waals surface area contributed by atoms with Crippen LogP contribution in [-0.4, -0.2) is 25.8 Å². The maximum Gasteiger partial charge on any atom is 0.345 e. The molecule has 1 N–H and O–H groups in total. The van der Waals surface area contributed by atoms with Crippen LogP contribution in [0.1, 0.15) is 20.9 Å². The Morgan fingerprint density at radius 3 is 2.84 bits per heavy atom. The molecule has 6 heteroatoms. The maximum atomic E-state index is 11.0. The monoisotopic (exact) mass is 273 g/mol. The van der Waals surface area contributed by atoms with Gasteiger partial charge in [-0.25, -0.2) is 14.5 Å². The Kier molecular flexibility index (Phi) is 2.60. The summed E-state index contributed by atoms with van der Waals surface area (Å²) < 4.78 is 1.70. The molecule has 3 rings (SSSR count). The first-order valence-electron chi connectivity index (χ1n) is 5.72. The van der Waals surface area contributed by atoms with E-state index in [4.69, 9.17) is 5.11 Å². The zero-order valence-electron chi connectivity index (χ0n) is 10.4. The number of fused-ring (bicyclic) bond motifs is 1. The van der Waals surface area contributed by atoms with Crippen LogP contribution in [0.15, 0.2) is 24.4 Å². The van der Waals surface area contributed by atoms with Crippen molar-refractivity contribution >= 4 is 27.5 Å². The Balaban J connectivity index is 2.26. The third kappa shape index (κ3) is 1.90. The van der Waals surface area contributed by atoms with E-state index >= 15 is 0 Å². The Morgan fingerprint density at radius 1 is 1.37 bits per heavy atom. The first-order valence-corrected chi connectivity index (χ1v) is 6.53. The Labute approximate surface area is 113 Å². The average Bonchev–Trinajstić information content (AvgIpc) is 2.90. The lowest BCUT2D eigenvalue weighted by Gasteiger charge is -2.01. The van der Waals surface area contributed by atoms with Crippen molar-refractivity contribution in [1.29, 1.82) is 0 Å². The average molecular weight is 273 g/mol. The van der Waals surface area contributed by atoms with E-state index in [0.717, 1.165) is 21.5 Å². The summed E-state index contributed by atoms with van der Waals surface area (Å²) in [6, 6.07) is 5.50. The number of thiophene rings is 1. The third-order valence-corrected chi connectivity index (χ3v) is 3.97. The van der Waals surface area contributed by atoms with Gasteiger partial charge in [0.2, 0.25) is 0 Å². The number of hydrogen-bond acceptors (Lipinski definition) is 4. The van der Waals surface area contributed by atoms with Gasteiger partial charge >= 0.3 is 5.97 Å². The van der Waals surface area contributed by atoms with E-state index in [1.54, 1.807) is 16.9 Å². The number of carboxylic acid groups (broad SMARTS) is 1. The fourth-order valence-electron chi connectivity index (χ4n) is 1.94. The second-order valence-corrected chi connectivity index (χ2v) is 5.35. The predicted octanol–water partition coefficient (Wildman–Crippen LogP) is 2.80. The van der Waals surface area contributed by atoms with Crippen LogP contribution < -0.4 is 0 Å². The van der Waals surface area contributed by atoms with Crippen LogP contribution in [0, 0.1) is 13.8 Å². The molecule has 0 bridgehead atoms. The molecular formula is C13H11N3O2S. The fourth-order valence-corrected chi connectivity index (χ4v) is 2.95. The smallest absolute Gasteiger partial charge is 0.345 e. The Hall–Kier alpha value is -2.21. The number of aromatic nitrogens is 3. The van der Waals surface area contributed by atoms with Gasteiger partial charge in [-0.15, -0.1) is 11.3 Å². The van der Waals surface area contributed by atoms with E-state index in [1.165, 1.54) is 11.3 Å². The molecular weight excluding hydrogens is 262 g/mol. The molecule has 0 aliphatic carbocycles. The number of aromatic carboxylic acids is 1. The molecule has 0 saturated carbocycles. The van der Waals surface area contributed by atoms with Gasteiger partial charge in [0.25, 0.3) is 0 Å². The lowest BCUT2D eigenvalue weighted by molar-refractivity contribution is 0.0702. The SMILES string of the molecule is Cc1ccnc(-n2nc(C)c3cc(C(=O)O)sc32)c1. The van der Waals surface area contributed by atoms with Crippen LogP contribution in [0.5, 0.6) is 0 Å². The molecule has 0 aliphatic heterocycles. The summed E-state index contributed by atoms with van der Waals surface area (Å²) in [4.78, 5) is 16.5. The van der Waals surface area contributed by atoms with Crippen molar-refractivity contribution in [3.63, 3.8) is 0 Å². The van der Waals surface area contributed by atoms with Gasteiger partial charge in [-0.2, -0.15) is 5.10 Å². The predicted molar refractivity (Wildman–Crippen MR) is 73.2 cm³/mol. The van der Waals surface area contributed by atoms with Crippen molar-refractivity contribution in [2.24, 2.45) is 0 Å². The number of carboxylic acids is 1. The van der Waals surface area contributed by atoms with E-state index in [2.05, 4.69) is 10.1 Å². The van der Waals surface area contributed by atoms with Gasteiger partial charge < -0.3 is 5.11 Å². The van der Waals surface area contributed by atoms with Crippen molar-refractivity contribution in [2.75, 3.05) is 0 Å². The van der Waals surface area contributed by atoms with Gasteiger partial charge in [0, 0.05) is 11.6 Å². The topological polar surface area (TPSA) is 68.0 Å². The summed E-state index contributed by atoms with van der Waals surface area (Å²) >= 11 is 1.21. The van der Waals surface area contributed by atoms with E-state index in [9.17, 15) is 4.79 Å².